The van der Waals surface area contributed by atoms with E-state index in [2.05, 4.69) is 4.98 Å². The summed E-state index contributed by atoms with van der Waals surface area (Å²) in [5.74, 6) is -0.866. The molecule has 1 aromatic heterocycles. The van der Waals surface area contributed by atoms with E-state index in [9.17, 15) is 22.8 Å². The van der Waals surface area contributed by atoms with Crippen LogP contribution in [0.3, 0.4) is 0 Å². The van der Waals surface area contributed by atoms with Gasteiger partial charge in [0.05, 0.1) is 23.0 Å². The van der Waals surface area contributed by atoms with Gasteiger partial charge in [-0.3, -0.25) is 9.69 Å². The number of carbonyl (C=O) groups is 2. The Morgan fingerprint density at radius 2 is 1.88 bits per heavy atom. The summed E-state index contributed by atoms with van der Waals surface area (Å²) >= 11 is 5.62. The van der Waals surface area contributed by atoms with E-state index in [0.717, 1.165) is 30.0 Å². The standard InChI is InChI=1S/C22H15F3N4O3S/c23-22(24,25)16-8-14(10-27-17(16)9-26)28-19(31)21(5-1-2-6-21)29(20(28)33)13-3-4-15-12(7-13)11-32-18(15)30/h3-4,7-8,10H,1-2,5-6,11H2. The molecule has 7 nitrogen and oxygen atoms in total. The quantitative estimate of drug-likeness (QED) is 0.481. The fraction of sp³-hybridized carbons (Fsp3) is 0.318. The molecule has 0 radical (unpaired) electrons. The van der Waals surface area contributed by atoms with Crippen LogP contribution in [0, 0.1) is 11.3 Å². The third-order valence-electron chi connectivity index (χ3n) is 6.31. The van der Waals surface area contributed by atoms with Gasteiger partial charge in [-0.25, -0.2) is 9.78 Å². The molecule has 2 aliphatic heterocycles. The number of hydrogen-bond acceptors (Lipinski definition) is 6. The number of ether oxygens (including phenoxy) is 1. The number of nitriles is 1. The van der Waals surface area contributed by atoms with E-state index < -0.39 is 34.8 Å². The lowest BCUT2D eigenvalue weighted by Gasteiger charge is -2.32. The highest BCUT2D eigenvalue weighted by atomic mass is 32.1. The molecule has 0 atom stereocenters. The lowest BCUT2D eigenvalue weighted by Crippen LogP contribution is -2.47. The lowest BCUT2D eigenvalue weighted by molar-refractivity contribution is -0.138. The minimum absolute atomic E-state index is 0.0201. The Kier molecular flexibility index (Phi) is 4.68. The Hall–Kier alpha value is -3.52. The Morgan fingerprint density at radius 1 is 1.15 bits per heavy atom. The van der Waals surface area contributed by atoms with Crippen molar-refractivity contribution in [3.05, 3.63) is 52.8 Å². The summed E-state index contributed by atoms with van der Waals surface area (Å²) in [6, 6.07) is 7.15. The largest absolute Gasteiger partial charge is 0.457 e. The third kappa shape index (κ3) is 3.08. The van der Waals surface area contributed by atoms with Gasteiger partial charge in [-0.2, -0.15) is 18.4 Å². The number of alkyl halides is 3. The highest BCUT2D eigenvalue weighted by molar-refractivity contribution is 7.81. The zero-order valence-corrected chi connectivity index (χ0v) is 17.8. The summed E-state index contributed by atoms with van der Waals surface area (Å²) in [7, 11) is 0. The summed E-state index contributed by atoms with van der Waals surface area (Å²) in [6.45, 7) is 0.0990. The molecule has 168 valence electrons. The molecule has 1 saturated heterocycles. The Labute approximate surface area is 191 Å². The molecule has 2 fully saturated rings. The van der Waals surface area contributed by atoms with Crippen molar-refractivity contribution in [2.24, 2.45) is 0 Å². The molecule has 5 rings (SSSR count). The highest BCUT2D eigenvalue weighted by Crippen LogP contribution is 2.47. The van der Waals surface area contributed by atoms with Crippen molar-refractivity contribution in [3.8, 4) is 6.07 Å². The Balaban J connectivity index is 1.63. The number of anilines is 2. The van der Waals surface area contributed by atoms with Crippen LogP contribution in [-0.2, 0) is 22.3 Å². The van der Waals surface area contributed by atoms with E-state index in [4.69, 9.17) is 22.2 Å². The summed E-state index contributed by atoms with van der Waals surface area (Å²) < 4.78 is 45.6. The molecular formula is C22H15F3N4O3S. The number of benzene rings is 1. The van der Waals surface area contributed by atoms with Crippen molar-refractivity contribution in [3.63, 3.8) is 0 Å². The zero-order valence-electron chi connectivity index (χ0n) is 17.0. The van der Waals surface area contributed by atoms with Crippen LogP contribution >= 0.6 is 12.2 Å². The van der Waals surface area contributed by atoms with E-state index in [1.54, 1.807) is 23.1 Å². The van der Waals surface area contributed by atoms with Crippen molar-refractivity contribution >= 4 is 40.6 Å². The maximum atomic E-state index is 13.7. The number of rotatable bonds is 2. The molecule has 1 aliphatic carbocycles. The van der Waals surface area contributed by atoms with Crippen molar-refractivity contribution in [1.29, 1.82) is 5.26 Å². The second kappa shape index (κ2) is 7.25. The number of fused-ring (bicyclic) bond motifs is 1. The first-order valence-corrected chi connectivity index (χ1v) is 10.5. The van der Waals surface area contributed by atoms with Gasteiger partial charge in [0, 0.05) is 11.3 Å². The van der Waals surface area contributed by atoms with E-state index >= 15 is 0 Å². The van der Waals surface area contributed by atoms with Crippen molar-refractivity contribution in [1.82, 2.24) is 4.98 Å². The van der Waals surface area contributed by atoms with Gasteiger partial charge in [-0.05, 0) is 49.3 Å². The normalized spacial score (nSPS) is 19.3. The van der Waals surface area contributed by atoms with Gasteiger partial charge >= 0.3 is 12.1 Å². The first-order chi connectivity index (χ1) is 15.7. The van der Waals surface area contributed by atoms with Gasteiger partial charge in [0.25, 0.3) is 5.91 Å². The van der Waals surface area contributed by atoms with Crippen LogP contribution in [0.25, 0.3) is 0 Å². The summed E-state index contributed by atoms with van der Waals surface area (Å²) in [5, 5.41) is 9.05. The van der Waals surface area contributed by atoms with Crippen molar-refractivity contribution < 1.29 is 27.5 Å². The number of esters is 1. The number of carbonyl (C=O) groups excluding carboxylic acids is 2. The topological polar surface area (TPSA) is 86.5 Å². The number of hydrogen-bond donors (Lipinski definition) is 0. The van der Waals surface area contributed by atoms with Gasteiger partial charge in [-0.1, -0.05) is 12.8 Å². The van der Waals surface area contributed by atoms with Gasteiger partial charge in [-0.15, -0.1) is 0 Å². The zero-order chi connectivity index (χ0) is 23.5. The SMILES string of the molecule is N#Cc1ncc(N2C(=O)C3(CCCC3)N(c3ccc4c(c3)COC4=O)C2=S)cc1C(F)(F)F. The van der Waals surface area contributed by atoms with Crippen LogP contribution < -0.4 is 9.80 Å². The first kappa shape index (κ1) is 21.3. The number of thiocarbonyl (C=S) groups is 1. The molecule has 1 saturated carbocycles. The molecule has 0 bridgehead atoms. The van der Waals surface area contributed by atoms with Crippen LogP contribution in [0.4, 0.5) is 24.5 Å². The Morgan fingerprint density at radius 3 is 2.55 bits per heavy atom. The molecule has 11 heteroatoms. The van der Waals surface area contributed by atoms with Crippen LogP contribution in [0.15, 0.2) is 30.5 Å². The van der Waals surface area contributed by atoms with E-state index in [1.165, 1.54) is 6.07 Å². The fourth-order valence-electron chi connectivity index (χ4n) is 4.80. The molecule has 1 aromatic carbocycles. The smallest absolute Gasteiger partial charge is 0.419 e. The predicted octanol–water partition coefficient (Wildman–Crippen LogP) is 4.09. The lowest BCUT2D eigenvalue weighted by atomic mass is 9.94. The van der Waals surface area contributed by atoms with Gasteiger partial charge in [0.15, 0.2) is 10.8 Å². The molecule has 0 unspecified atom stereocenters. The monoisotopic (exact) mass is 472 g/mol. The van der Waals surface area contributed by atoms with E-state index in [0.29, 0.717) is 29.7 Å². The summed E-state index contributed by atoms with van der Waals surface area (Å²) in [6.07, 6.45) is -1.31. The molecular weight excluding hydrogens is 457 g/mol. The molecule has 2 aromatic rings. The van der Waals surface area contributed by atoms with Gasteiger partial charge in [0.2, 0.25) is 0 Å². The minimum atomic E-state index is -4.82. The average Bonchev–Trinajstić information content (AvgIpc) is 3.46. The fourth-order valence-corrected chi connectivity index (χ4v) is 5.26. The van der Waals surface area contributed by atoms with Crippen LogP contribution in [0.5, 0.6) is 0 Å². The van der Waals surface area contributed by atoms with Crippen molar-refractivity contribution in [2.75, 3.05) is 9.80 Å². The maximum Gasteiger partial charge on any atom is 0.419 e. The van der Waals surface area contributed by atoms with Crippen LogP contribution in [0.1, 0.15) is 52.9 Å². The number of nitrogens with zero attached hydrogens (tertiary/aromatic N) is 4. The number of halogens is 3. The van der Waals surface area contributed by atoms with E-state index in [1.807, 2.05) is 0 Å². The molecule has 3 heterocycles. The van der Waals surface area contributed by atoms with Gasteiger partial charge < -0.3 is 9.64 Å². The maximum absolute atomic E-state index is 13.7. The molecule has 3 aliphatic rings. The summed E-state index contributed by atoms with van der Waals surface area (Å²) in [5.41, 5.74) is -1.56. The first-order valence-electron chi connectivity index (χ1n) is 10.1. The molecule has 1 amide bonds. The minimum Gasteiger partial charge on any atom is -0.457 e. The second-order valence-electron chi connectivity index (χ2n) is 8.11. The molecule has 0 N–H and O–H groups in total. The Bertz CT molecular complexity index is 1260. The third-order valence-corrected chi connectivity index (χ3v) is 6.68. The second-order valence-corrected chi connectivity index (χ2v) is 8.48. The van der Waals surface area contributed by atoms with Gasteiger partial charge in [0.1, 0.15) is 18.2 Å². The predicted molar refractivity (Wildman–Crippen MR) is 113 cm³/mol. The number of cyclic esters (lactones) is 1. The number of aromatic nitrogens is 1. The number of pyridine rings is 1. The summed E-state index contributed by atoms with van der Waals surface area (Å²) in [4.78, 5) is 31.9. The number of amides is 1. The molecule has 33 heavy (non-hydrogen) atoms. The average molecular weight is 472 g/mol. The highest BCUT2D eigenvalue weighted by Gasteiger charge is 2.57. The van der Waals surface area contributed by atoms with Crippen LogP contribution in [-0.4, -0.2) is 27.5 Å². The van der Waals surface area contributed by atoms with Crippen molar-refractivity contribution in [2.45, 2.75) is 44.0 Å². The van der Waals surface area contributed by atoms with E-state index in [-0.39, 0.29) is 17.4 Å². The van der Waals surface area contributed by atoms with Crippen LogP contribution in [0.2, 0.25) is 0 Å². The molecule has 1 spiro atoms.